The molecule has 106 valence electrons. The van der Waals surface area contributed by atoms with Gasteiger partial charge in [0.15, 0.2) is 0 Å². The van der Waals surface area contributed by atoms with Gasteiger partial charge in [0.05, 0.1) is 7.11 Å². The molecule has 0 bridgehead atoms. The second kappa shape index (κ2) is 6.90. The second-order valence-corrected chi connectivity index (χ2v) is 5.32. The molecule has 1 N–H and O–H groups in total. The molecule has 0 saturated heterocycles. The van der Waals surface area contributed by atoms with E-state index in [0.717, 1.165) is 12.1 Å². The summed E-state index contributed by atoms with van der Waals surface area (Å²) in [6.07, 6.45) is 6.25. The molecule has 0 amide bonds. The normalized spacial score (nSPS) is 18.3. The lowest BCUT2D eigenvalue weighted by molar-refractivity contribution is 0.269. The third-order valence-corrected chi connectivity index (χ3v) is 4.09. The summed E-state index contributed by atoms with van der Waals surface area (Å²) in [7, 11) is 1.57. The van der Waals surface area contributed by atoms with Crippen LogP contribution in [0.3, 0.4) is 0 Å². The van der Waals surface area contributed by atoms with Crippen LogP contribution in [0.4, 0.5) is 4.39 Å². The highest BCUT2D eigenvalue weighted by Gasteiger charge is 2.26. The standard InChI is InChI=1S/C16H24FNO/c1-3-18-16(12-7-5-4-6-8-12)14-10-9-13(19-2)11-15(14)17/h9-12,16,18H,3-8H2,1-2H3. The third kappa shape index (κ3) is 3.47. The van der Waals surface area contributed by atoms with Crippen LogP contribution in [-0.2, 0) is 0 Å². The minimum atomic E-state index is -0.157. The molecule has 2 rings (SSSR count). The summed E-state index contributed by atoms with van der Waals surface area (Å²) in [5, 5.41) is 3.47. The van der Waals surface area contributed by atoms with Gasteiger partial charge in [-0.15, -0.1) is 0 Å². The fraction of sp³-hybridized carbons (Fsp3) is 0.625. The average molecular weight is 265 g/mol. The number of hydrogen-bond donors (Lipinski definition) is 1. The zero-order chi connectivity index (χ0) is 13.7. The van der Waals surface area contributed by atoms with Crippen molar-refractivity contribution >= 4 is 0 Å². The van der Waals surface area contributed by atoms with E-state index in [4.69, 9.17) is 4.74 Å². The Balaban J connectivity index is 2.22. The van der Waals surface area contributed by atoms with Crippen LogP contribution in [0.25, 0.3) is 0 Å². The van der Waals surface area contributed by atoms with E-state index in [1.54, 1.807) is 7.11 Å². The Hall–Kier alpha value is -1.09. The number of nitrogens with one attached hydrogen (secondary N) is 1. The topological polar surface area (TPSA) is 21.3 Å². The zero-order valence-electron chi connectivity index (χ0n) is 11.9. The van der Waals surface area contributed by atoms with Crippen LogP contribution < -0.4 is 10.1 Å². The molecule has 1 aliphatic rings. The number of methoxy groups -OCH3 is 1. The molecule has 3 heteroatoms. The van der Waals surface area contributed by atoms with Gasteiger partial charge in [0.2, 0.25) is 0 Å². The molecule has 1 unspecified atom stereocenters. The zero-order valence-corrected chi connectivity index (χ0v) is 11.9. The van der Waals surface area contributed by atoms with Gasteiger partial charge in [-0.3, -0.25) is 0 Å². The van der Waals surface area contributed by atoms with Crippen molar-refractivity contribution < 1.29 is 9.13 Å². The number of benzene rings is 1. The van der Waals surface area contributed by atoms with Gasteiger partial charge in [0, 0.05) is 17.7 Å². The van der Waals surface area contributed by atoms with E-state index in [-0.39, 0.29) is 11.9 Å². The molecule has 19 heavy (non-hydrogen) atoms. The molecule has 1 saturated carbocycles. The highest BCUT2D eigenvalue weighted by atomic mass is 19.1. The van der Waals surface area contributed by atoms with Gasteiger partial charge in [-0.05, 0) is 31.4 Å². The number of rotatable bonds is 5. The van der Waals surface area contributed by atoms with E-state index in [1.165, 1.54) is 38.2 Å². The second-order valence-electron chi connectivity index (χ2n) is 5.32. The van der Waals surface area contributed by atoms with Crippen molar-refractivity contribution in [2.24, 2.45) is 5.92 Å². The highest BCUT2D eigenvalue weighted by molar-refractivity contribution is 5.31. The average Bonchev–Trinajstić information content (AvgIpc) is 2.46. The van der Waals surface area contributed by atoms with Crippen molar-refractivity contribution in [2.75, 3.05) is 13.7 Å². The lowest BCUT2D eigenvalue weighted by Crippen LogP contribution is -2.30. The minimum Gasteiger partial charge on any atom is -0.497 e. The molecule has 0 aromatic heterocycles. The van der Waals surface area contributed by atoms with Crippen LogP contribution in [0.2, 0.25) is 0 Å². The maximum absolute atomic E-state index is 14.2. The molecular weight excluding hydrogens is 241 g/mol. The van der Waals surface area contributed by atoms with Crippen LogP contribution >= 0.6 is 0 Å². The first kappa shape index (κ1) is 14.3. The number of ether oxygens (including phenoxy) is 1. The molecule has 1 aromatic carbocycles. The van der Waals surface area contributed by atoms with Gasteiger partial charge in [-0.25, -0.2) is 4.39 Å². The number of halogens is 1. The van der Waals surface area contributed by atoms with Crippen molar-refractivity contribution in [1.82, 2.24) is 5.32 Å². The van der Waals surface area contributed by atoms with Crippen molar-refractivity contribution in [3.8, 4) is 5.75 Å². The molecule has 2 nitrogen and oxygen atoms in total. The van der Waals surface area contributed by atoms with Crippen LogP contribution in [0.5, 0.6) is 5.75 Å². The Morgan fingerprint density at radius 3 is 2.63 bits per heavy atom. The largest absolute Gasteiger partial charge is 0.497 e. The lowest BCUT2D eigenvalue weighted by atomic mass is 9.81. The first-order valence-electron chi connectivity index (χ1n) is 7.33. The molecule has 1 fully saturated rings. The summed E-state index contributed by atoms with van der Waals surface area (Å²) < 4.78 is 19.3. The summed E-state index contributed by atoms with van der Waals surface area (Å²) in [6.45, 7) is 2.95. The van der Waals surface area contributed by atoms with E-state index < -0.39 is 0 Å². The van der Waals surface area contributed by atoms with Gasteiger partial charge >= 0.3 is 0 Å². The molecule has 0 spiro atoms. The molecule has 0 radical (unpaired) electrons. The van der Waals surface area contributed by atoms with E-state index in [2.05, 4.69) is 12.2 Å². The van der Waals surface area contributed by atoms with Crippen LogP contribution in [0.15, 0.2) is 18.2 Å². The molecule has 1 aliphatic carbocycles. The van der Waals surface area contributed by atoms with E-state index in [1.807, 2.05) is 12.1 Å². The Kier molecular flexibility index (Phi) is 5.20. The number of hydrogen-bond acceptors (Lipinski definition) is 2. The van der Waals surface area contributed by atoms with Gasteiger partial charge in [-0.1, -0.05) is 32.3 Å². The summed E-state index contributed by atoms with van der Waals surface area (Å²) in [4.78, 5) is 0. The maximum Gasteiger partial charge on any atom is 0.131 e. The Morgan fingerprint density at radius 1 is 1.32 bits per heavy atom. The van der Waals surface area contributed by atoms with Crippen molar-refractivity contribution in [3.05, 3.63) is 29.6 Å². The van der Waals surface area contributed by atoms with E-state index >= 15 is 0 Å². The smallest absolute Gasteiger partial charge is 0.131 e. The van der Waals surface area contributed by atoms with Gasteiger partial charge in [0.1, 0.15) is 11.6 Å². The minimum absolute atomic E-state index is 0.135. The summed E-state index contributed by atoms with van der Waals surface area (Å²) in [5.41, 5.74) is 0.787. The van der Waals surface area contributed by atoms with E-state index in [9.17, 15) is 4.39 Å². The first-order valence-corrected chi connectivity index (χ1v) is 7.33. The van der Waals surface area contributed by atoms with Gasteiger partial charge in [-0.2, -0.15) is 0 Å². The predicted molar refractivity (Wildman–Crippen MR) is 75.9 cm³/mol. The fourth-order valence-corrected chi connectivity index (χ4v) is 3.11. The van der Waals surface area contributed by atoms with Crippen LogP contribution in [-0.4, -0.2) is 13.7 Å². The molecule has 1 aromatic rings. The first-order chi connectivity index (χ1) is 9.26. The monoisotopic (exact) mass is 265 g/mol. The Morgan fingerprint density at radius 2 is 2.05 bits per heavy atom. The molecule has 0 aliphatic heterocycles. The molecule has 1 atom stereocenters. The van der Waals surface area contributed by atoms with Crippen molar-refractivity contribution in [2.45, 2.75) is 45.1 Å². The van der Waals surface area contributed by atoms with Crippen molar-refractivity contribution in [3.63, 3.8) is 0 Å². The summed E-state index contributed by atoms with van der Waals surface area (Å²) >= 11 is 0. The quantitative estimate of drug-likeness (QED) is 0.866. The SMILES string of the molecule is CCNC(c1ccc(OC)cc1F)C1CCCCC1. The molecular formula is C16H24FNO. The van der Waals surface area contributed by atoms with Crippen LogP contribution in [0, 0.1) is 11.7 Å². The van der Waals surface area contributed by atoms with E-state index in [0.29, 0.717) is 11.7 Å². The van der Waals surface area contributed by atoms with Gasteiger partial charge < -0.3 is 10.1 Å². The summed E-state index contributed by atoms with van der Waals surface area (Å²) in [6, 6.07) is 5.35. The van der Waals surface area contributed by atoms with Gasteiger partial charge in [0.25, 0.3) is 0 Å². The Bertz CT molecular complexity index is 402. The van der Waals surface area contributed by atoms with Crippen LogP contribution in [0.1, 0.15) is 50.6 Å². The lowest BCUT2D eigenvalue weighted by Gasteiger charge is -2.31. The Labute approximate surface area is 115 Å². The van der Waals surface area contributed by atoms with Crippen molar-refractivity contribution in [1.29, 1.82) is 0 Å². The summed E-state index contributed by atoms with van der Waals surface area (Å²) in [5.74, 6) is 0.979. The fourth-order valence-electron chi connectivity index (χ4n) is 3.11. The molecule has 0 heterocycles. The third-order valence-electron chi connectivity index (χ3n) is 4.09. The maximum atomic E-state index is 14.2. The predicted octanol–water partition coefficient (Wildman–Crippen LogP) is 4.07. The highest BCUT2D eigenvalue weighted by Crippen LogP contribution is 2.36.